The monoisotopic (exact) mass is 232 g/mol. The minimum Gasteiger partial charge on any atom is -0.497 e. The summed E-state index contributed by atoms with van der Waals surface area (Å²) in [5, 5.41) is 10.6. The third-order valence-electron chi connectivity index (χ3n) is 2.76. The lowest BCUT2D eigenvalue weighted by atomic mass is 10.1. The minimum atomic E-state index is 0.472. The average Bonchev–Trinajstić information content (AvgIpc) is 2.38. The van der Waals surface area contributed by atoms with Crippen molar-refractivity contribution in [2.45, 2.75) is 20.0 Å². The lowest BCUT2D eigenvalue weighted by molar-refractivity contribution is 0.182. The quantitative estimate of drug-likeness (QED) is 0.811. The average molecular weight is 232 g/mol. The fourth-order valence-corrected chi connectivity index (χ4v) is 1.87. The number of methoxy groups -OCH3 is 2. The van der Waals surface area contributed by atoms with Gasteiger partial charge in [0.1, 0.15) is 5.75 Å². The van der Waals surface area contributed by atoms with E-state index in [0.717, 1.165) is 34.3 Å². The molecule has 4 nitrogen and oxygen atoms in total. The first-order valence-corrected chi connectivity index (χ1v) is 5.61. The molecule has 0 spiro atoms. The second-order valence-corrected chi connectivity index (χ2v) is 3.79. The summed E-state index contributed by atoms with van der Waals surface area (Å²) in [6.45, 7) is 2.54. The van der Waals surface area contributed by atoms with Crippen LogP contribution in [0.1, 0.15) is 18.3 Å². The Bertz CT molecular complexity index is 526. The summed E-state index contributed by atoms with van der Waals surface area (Å²) in [6, 6.07) is 5.95. The molecule has 0 saturated heterocycles. The first-order chi connectivity index (χ1) is 8.30. The lowest BCUT2D eigenvalue weighted by Crippen LogP contribution is -2.01. The molecule has 0 unspecified atom stereocenters. The van der Waals surface area contributed by atoms with Gasteiger partial charge < -0.3 is 9.47 Å². The van der Waals surface area contributed by atoms with Crippen molar-refractivity contribution >= 4 is 10.8 Å². The van der Waals surface area contributed by atoms with Crippen molar-refractivity contribution in [1.29, 1.82) is 0 Å². The van der Waals surface area contributed by atoms with Crippen LogP contribution in [0, 0.1) is 0 Å². The number of hydrogen-bond acceptors (Lipinski definition) is 4. The Balaban J connectivity index is 2.66. The van der Waals surface area contributed by atoms with Crippen LogP contribution in [0.2, 0.25) is 0 Å². The van der Waals surface area contributed by atoms with Crippen LogP contribution in [0.15, 0.2) is 18.2 Å². The van der Waals surface area contributed by atoms with Crippen molar-refractivity contribution in [2.75, 3.05) is 14.2 Å². The molecule has 0 amide bonds. The molecule has 0 atom stereocenters. The summed E-state index contributed by atoms with van der Waals surface area (Å²) in [6.07, 6.45) is 0.851. The van der Waals surface area contributed by atoms with Gasteiger partial charge in [-0.1, -0.05) is 6.92 Å². The fourth-order valence-electron chi connectivity index (χ4n) is 1.87. The van der Waals surface area contributed by atoms with E-state index in [9.17, 15) is 0 Å². The molecule has 0 saturated carbocycles. The Labute approximate surface area is 101 Å². The molecule has 2 rings (SSSR count). The maximum absolute atomic E-state index is 5.24. The number of aromatic nitrogens is 2. The van der Waals surface area contributed by atoms with E-state index >= 15 is 0 Å². The highest BCUT2D eigenvalue weighted by atomic mass is 16.5. The molecule has 2 aromatic rings. The van der Waals surface area contributed by atoms with Gasteiger partial charge in [-0.25, -0.2) is 0 Å². The highest BCUT2D eigenvalue weighted by Crippen LogP contribution is 2.25. The molecular weight excluding hydrogens is 216 g/mol. The predicted octanol–water partition coefficient (Wildman–Crippen LogP) is 2.35. The standard InChI is InChI=1S/C13H16N2O2/c1-4-12-11-7-9(17-3)5-6-10(11)13(8-16-2)15-14-12/h5-7H,4,8H2,1-3H3. The maximum atomic E-state index is 5.24. The van der Waals surface area contributed by atoms with E-state index in [-0.39, 0.29) is 0 Å². The van der Waals surface area contributed by atoms with E-state index in [1.807, 2.05) is 18.2 Å². The fraction of sp³-hybridized carbons (Fsp3) is 0.385. The Morgan fingerprint density at radius 1 is 1.06 bits per heavy atom. The SMILES string of the molecule is CCc1nnc(COC)c2ccc(OC)cc12. The zero-order chi connectivity index (χ0) is 12.3. The topological polar surface area (TPSA) is 44.2 Å². The van der Waals surface area contributed by atoms with Gasteiger partial charge in [0, 0.05) is 17.9 Å². The highest BCUT2D eigenvalue weighted by Gasteiger charge is 2.09. The minimum absolute atomic E-state index is 0.472. The Kier molecular flexibility index (Phi) is 3.54. The van der Waals surface area contributed by atoms with Crippen molar-refractivity contribution in [3.8, 4) is 5.75 Å². The van der Waals surface area contributed by atoms with Gasteiger partial charge in [0.2, 0.25) is 0 Å². The van der Waals surface area contributed by atoms with Crippen LogP contribution in [-0.4, -0.2) is 24.4 Å². The van der Waals surface area contributed by atoms with Crippen molar-refractivity contribution in [1.82, 2.24) is 10.2 Å². The van der Waals surface area contributed by atoms with Crippen LogP contribution in [0.5, 0.6) is 5.75 Å². The molecule has 1 aromatic heterocycles. The van der Waals surface area contributed by atoms with Crippen molar-refractivity contribution < 1.29 is 9.47 Å². The lowest BCUT2D eigenvalue weighted by Gasteiger charge is -2.09. The summed E-state index contributed by atoms with van der Waals surface area (Å²) in [5.41, 5.74) is 1.85. The second kappa shape index (κ2) is 5.10. The first kappa shape index (κ1) is 11.8. The van der Waals surface area contributed by atoms with Gasteiger partial charge in [-0.15, -0.1) is 0 Å². The number of aryl methyl sites for hydroxylation is 1. The molecule has 1 aromatic carbocycles. The molecule has 0 fully saturated rings. The highest BCUT2D eigenvalue weighted by molar-refractivity contribution is 5.87. The molecule has 0 aliphatic carbocycles. The number of benzene rings is 1. The Morgan fingerprint density at radius 2 is 1.82 bits per heavy atom. The second-order valence-electron chi connectivity index (χ2n) is 3.79. The van der Waals surface area contributed by atoms with E-state index < -0.39 is 0 Å². The van der Waals surface area contributed by atoms with Gasteiger partial charge in [0.15, 0.2) is 0 Å². The third kappa shape index (κ3) is 2.22. The molecule has 90 valence electrons. The van der Waals surface area contributed by atoms with E-state index in [2.05, 4.69) is 17.1 Å². The first-order valence-electron chi connectivity index (χ1n) is 5.61. The zero-order valence-corrected chi connectivity index (χ0v) is 10.4. The molecule has 1 heterocycles. The van der Waals surface area contributed by atoms with Gasteiger partial charge in [-0.2, -0.15) is 10.2 Å². The van der Waals surface area contributed by atoms with Crippen LogP contribution in [-0.2, 0) is 17.8 Å². The van der Waals surface area contributed by atoms with Crippen LogP contribution in [0.3, 0.4) is 0 Å². The largest absolute Gasteiger partial charge is 0.497 e. The molecule has 0 aliphatic rings. The zero-order valence-electron chi connectivity index (χ0n) is 10.4. The van der Waals surface area contributed by atoms with Gasteiger partial charge in [0.05, 0.1) is 25.1 Å². The Hall–Kier alpha value is -1.68. The number of rotatable bonds is 4. The summed E-state index contributed by atoms with van der Waals surface area (Å²) in [7, 11) is 3.32. The van der Waals surface area contributed by atoms with Gasteiger partial charge in [-0.3, -0.25) is 0 Å². The van der Waals surface area contributed by atoms with Crippen LogP contribution in [0.25, 0.3) is 10.8 Å². The molecule has 0 N–H and O–H groups in total. The van der Waals surface area contributed by atoms with Crippen LogP contribution < -0.4 is 4.74 Å². The van der Waals surface area contributed by atoms with Gasteiger partial charge in [0.25, 0.3) is 0 Å². The van der Waals surface area contributed by atoms with Crippen molar-refractivity contribution in [3.05, 3.63) is 29.6 Å². The summed E-state index contributed by atoms with van der Waals surface area (Å²) < 4.78 is 10.4. The van der Waals surface area contributed by atoms with Crippen LogP contribution in [0.4, 0.5) is 0 Å². The Morgan fingerprint density at radius 3 is 2.47 bits per heavy atom. The van der Waals surface area contributed by atoms with E-state index in [0.29, 0.717) is 6.61 Å². The molecule has 17 heavy (non-hydrogen) atoms. The van der Waals surface area contributed by atoms with Crippen molar-refractivity contribution in [3.63, 3.8) is 0 Å². The normalized spacial score (nSPS) is 10.8. The predicted molar refractivity (Wildman–Crippen MR) is 66.2 cm³/mol. The van der Waals surface area contributed by atoms with E-state index in [1.165, 1.54) is 0 Å². The molecule has 0 bridgehead atoms. The number of ether oxygens (including phenoxy) is 2. The molecular formula is C13H16N2O2. The number of nitrogens with zero attached hydrogens (tertiary/aromatic N) is 2. The summed E-state index contributed by atoms with van der Waals surface area (Å²) in [5.74, 6) is 0.837. The maximum Gasteiger partial charge on any atom is 0.119 e. The van der Waals surface area contributed by atoms with Crippen LogP contribution >= 0.6 is 0 Å². The number of fused-ring (bicyclic) bond motifs is 1. The van der Waals surface area contributed by atoms with Gasteiger partial charge in [-0.05, 0) is 24.6 Å². The van der Waals surface area contributed by atoms with Gasteiger partial charge >= 0.3 is 0 Å². The van der Waals surface area contributed by atoms with E-state index in [1.54, 1.807) is 14.2 Å². The summed E-state index contributed by atoms with van der Waals surface area (Å²) >= 11 is 0. The molecule has 4 heteroatoms. The van der Waals surface area contributed by atoms with Crippen molar-refractivity contribution in [2.24, 2.45) is 0 Å². The smallest absolute Gasteiger partial charge is 0.119 e. The molecule has 0 radical (unpaired) electrons. The summed E-state index contributed by atoms with van der Waals surface area (Å²) in [4.78, 5) is 0. The number of hydrogen-bond donors (Lipinski definition) is 0. The third-order valence-corrected chi connectivity index (χ3v) is 2.76. The molecule has 0 aliphatic heterocycles. The van der Waals surface area contributed by atoms with E-state index in [4.69, 9.17) is 9.47 Å².